The maximum absolute atomic E-state index is 11.9. The second-order valence-corrected chi connectivity index (χ2v) is 7.52. The van der Waals surface area contributed by atoms with Gasteiger partial charge in [-0.05, 0) is 31.2 Å². The summed E-state index contributed by atoms with van der Waals surface area (Å²) in [6.07, 6.45) is 6.56. The predicted molar refractivity (Wildman–Crippen MR) is 109 cm³/mol. The number of aromatic nitrogens is 1. The minimum atomic E-state index is 0.149. The molecule has 0 atom stereocenters. The quantitative estimate of drug-likeness (QED) is 0.525. The van der Waals surface area contributed by atoms with Crippen molar-refractivity contribution in [2.75, 3.05) is 23.9 Å². The number of anilines is 2. The van der Waals surface area contributed by atoms with Crippen molar-refractivity contribution in [3.8, 4) is 0 Å². The summed E-state index contributed by atoms with van der Waals surface area (Å²) >= 11 is 6.09. The topological polar surface area (TPSA) is 45.7 Å². The highest BCUT2D eigenvalue weighted by atomic mass is 35.5. The van der Waals surface area contributed by atoms with Gasteiger partial charge in [0, 0.05) is 26.2 Å². The Labute approximate surface area is 165 Å². The van der Waals surface area contributed by atoms with E-state index in [0.717, 1.165) is 43.5 Å². The Balaban J connectivity index is 1.62. The Morgan fingerprint density at radius 3 is 2.48 bits per heavy atom. The summed E-state index contributed by atoms with van der Waals surface area (Å²) in [5.41, 5.74) is 2.88. The van der Waals surface area contributed by atoms with E-state index in [1.165, 1.54) is 5.56 Å². The van der Waals surface area contributed by atoms with Crippen LogP contribution in [0.25, 0.3) is 0 Å². The molecule has 27 heavy (non-hydrogen) atoms. The zero-order valence-electron chi connectivity index (χ0n) is 15.8. The van der Waals surface area contributed by atoms with Crippen LogP contribution in [0.15, 0.2) is 42.6 Å². The third-order valence-electron chi connectivity index (χ3n) is 5.07. The van der Waals surface area contributed by atoms with Crippen LogP contribution < -0.4 is 9.80 Å². The third kappa shape index (κ3) is 4.99. The van der Waals surface area contributed by atoms with Gasteiger partial charge < -0.3 is 14.5 Å². The van der Waals surface area contributed by atoms with Crippen molar-refractivity contribution in [3.63, 3.8) is 0 Å². The number of carbonyl (C=O) groups excluding carboxylic acids is 1. The molecule has 0 saturated heterocycles. The van der Waals surface area contributed by atoms with Gasteiger partial charge in [-0.2, -0.15) is 0 Å². The predicted octanol–water partition coefficient (Wildman–Crippen LogP) is 4.29. The Kier molecular flexibility index (Phi) is 6.69. The van der Waals surface area contributed by atoms with E-state index in [1.807, 2.05) is 37.2 Å². The lowest BCUT2D eigenvalue weighted by Crippen LogP contribution is -2.39. The molecule has 1 aliphatic rings. The normalized spacial score (nSPS) is 19.5. The van der Waals surface area contributed by atoms with Gasteiger partial charge in [-0.1, -0.05) is 41.9 Å². The van der Waals surface area contributed by atoms with Crippen molar-refractivity contribution in [3.05, 3.63) is 53.3 Å². The lowest BCUT2D eigenvalue weighted by Gasteiger charge is -2.36. The third-order valence-corrected chi connectivity index (χ3v) is 5.27. The average Bonchev–Trinajstić information content (AvgIpc) is 2.68. The van der Waals surface area contributed by atoms with Crippen LogP contribution in [0.5, 0.6) is 0 Å². The van der Waals surface area contributed by atoms with Gasteiger partial charge in [0.15, 0.2) is 0 Å². The average molecular weight is 388 g/mol. The van der Waals surface area contributed by atoms with Gasteiger partial charge in [0.05, 0.1) is 30.3 Å². The molecule has 0 radical (unpaired) electrons. The molecule has 0 unspecified atom stereocenters. The van der Waals surface area contributed by atoms with Gasteiger partial charge in [0.1, 0.15) is 5.15 Å². The fourth-order valence-corrected chi connectivity index (χ4v) is 3.73. The Morgan fingerprint density at radius 2 is 1.85 bits per heavy atom. The summed E-state index contributed by atoms with van der Waals surface area (Å²) in [6, 6.07) is 12.1. The first-order chi connectivity index (χ1) is 13.1. The van der Waals surface area contributed by atoms with Gasteiger partial charge in [0.2, 0.25) is 6.41 Å². The number of hydrogen-bond acceptors (Lipinski definition) is 4. The maximum Gasteiger partial charge on any atom is 0.214 e. The van der Waals surface area contributed by atoms with Crippen molar-refractivity contribution >= 4 is 29.4 Å². The van der Waals surface area contributed by atoms with Gasteiger partial charge in [-0.25, -0.2) is 4.98 Å². The smallest absolute Gasteiger partial charge is 0.214 e. The number of hydrogen-bond donors (Lipinski definition) is 0. The van der Waals surface area contributed by atoms with Crippen LogP contribution in [0.4, 0.5) is 11.4 Å². The standard InChI is InChI=1S/C21H26ClN3O2/c1-24(2)20-13-23-21(22)12-19(20)25(15-26)17-8-10-18(11-9-17)27-14-16-6-4-3-5-7-16/h3-7,12-13,15,17-18H,8-11,14H2,1-2H3. The molecule has 3 rings (SSSR count). The Morgan fingerprint density at radius 1 is 1.15 bits per heavy atom. The van der Waals surface area contributed by atoms with Gasteiger partial charge in [-0.15, -0.1) is 0 Å². The minimum Gasteiger partial charge on any atom is -0.375 e. The second kappa shape index (κ2) is 9.20. The van der Waals surface area contributed by atoms with Crippen LogP contribution in [0.3, 0.4) is 0 Å². The summed E-state index contributed by atoms with van der Waals surface area (Å²) in [4.78, 5) is 19.8. The Bertz CT molecular complexity index is 746. The molecule has 6 heteroatoms. The Hall–Kier alpha value is -2.11. The van der Waals surface area contributed by atoms with Crippen LogP contribution in [-0.4, -0.2) is 37.6 Å². The molecule has 1 amide bonds. The molecule has 2 aromatic rings. The molecular weight excluding hydrogens is 362 g/mol. The van der Waals surface area contributed by atoms with E-state index >= 15 is 0 Å². The van der Waals surface area contributed by atoms with E-state index in [4.69, 9.17) is 16.3 Å². The highest BCUT2D eigenvalue weighted by Gasteiger charge is 2.28. The molecule has 1 aromatic carbocycles. The zero-order chi connectivity index (χ0) is 19.2. The van der Waals surface area contributed by atoms with E-state index in [-0.39, 0.29) is 12.1 Å². The molecule has 144 valence electrons. The van der Waals surface area contributed by atoms with Crippen molar-refractivity contribution < 1.29 is 9.53 Å². The first-order valence-electron chi connectivity index (χ1n) is 9.30. The molecule has 1 saturated carbocycles. The van der Waals surface area contributed by atoms with Crippen molar-refractivity contribution in [2.24, 2.45) is 0 Å². The molecule has 0 aliphatic heterocycles. The number of ether oxygens (including phenoxy) is 1. The van der Waals surface area contributed by atoms with Crippen LogP contribution >= 0.6 is 11.6 Å². The van der Waals surface area contributed by atoms with E-state index in [1.54, 1.807) is 17.2 Å². The molecule has 5 nitrogen and oxygen atoms in total. The van der Waals surface area contributed by atoms with Crippen LogP contribution in [0.1, 0.15) is 31.2 Å². The van der Waals surface area contributed by atoms with Gasteiger partial charge in [0.25, 0.3) is 0 Å². The largest absolute Gasteiger partial charge is 0.375 e. The number of pyridine rings is 1. The fourth-order valence-electron chi connectivity index (χ4n) is 3.58. The SMILES string of the molecule is CN(C)c1cnc(Cl)cc1N(C=O)C1CCC(OCc2ccccc2)CC1. The summed E-state index contributed by atoms with van der Waals surface area (Å²) in [6.45, 7) is 0.637. The number of carbonyl (C=O) groups is 1. The molecule has 1 aliphatic carbocycles. The molecule has 0 N–H and O–H groups in total. The van der Waals surface area contributed by atoms with Crippen LogP contribution in [0.2, 0.25) is 5.15 Å². The monoisotopic (exact) mass is 387 g/mol. The molecule has 0 bridgehead atoms. The molecule has 1 heterocycles. The van der Waals surface area contributed by atoms with Gasteiger partial charge in [-0.3, -0.25) is 4.79 Å². The lowest BCUT2D eigenvalue weighted by atomic mass is 9.91. The lowest BCUT2D eigenvalue weighted by molar-refractivity contribution is -0.108. The first-order valence-corrected chi connectivity index (χ1v) is 9.68. The molecule has 1 fully saturated rings. The van der Waals surface area contributed by atoms with Gasteiger partial charge >= 0.3 is 0 Å². The molecule has 0 spiro atoms. The van der Waals surface area contributed by atoms with Crippen molar-refractivity contribution in [1.82, 2.24) is 4.98 Å². The highest BCUT2D eigenvalue weighted by molar-refractivity contribution is 6.29. The maximum atomic E-state index is 11.9. The van der Waals surface area contributed by atoms with E-state index in [0.29, 0.717) is 11.8 Å². The van der Waals surface area contributed by atoms with E-state index in [2.05, 4.69) is 17.1 Å². The molecular formula is C21H26ClN3O2. The first kappa shape index (κ1) is 19.6. The molecule has 1 aromatic heterocycles. The minimum absolute atomic E-state index is 0.149. The van der Waals surface area contributed by atoms with Crippen molar-refractivity contribution in [1.29, 1.82) is 0 Å². The summed E-state index contributed by atoms with van der Waals surface area (Å²) in [5.74, 6) is 0. The van der Waals surface area contributed by atoms with E-state index < -0.39 is 0 Å². The van der Waals surface area contributed by atoms with Crippen LogP contribution in [-0.2, 0) is 16.1 Å². The number of nitrogens with zero attached hydrogens (tertiary/aromatic N) is 3. The summed E-state index contributed by atoms with van der Waals surface area (Å²) in [5, 5.41) is 0.391. The zero-order valence-corrected chi connectivity index (χ0v) is 16.6. The number of benzene rings is 1. The summed E-state index contributed by atoms with van der Waals surface area (Å²) in [7, 11) is 3.87. The van der Waals surface area contributed by atoms with Crippen molar-refractivity contribution in [2.45, 2.75) is 44.4 Å². The highest BCUT2D eigenvalue weighted by Crippen LogP contribution is 2.34. The van der Waals surface area contributed by atoms with E-state index in [9.17, 15) is 4.79 Å². The number of halogens is 1. The van der Waals surface area contributed by atoms with Crippen LogP contribution in [0, 0.1) is 0 Å². The fraction of sp³-hybridized carbons (Fsp3) is 0.429. The second-order valence-electron chi connectivity index (χ2n) is 7.13. The summed E-state index contributed by atoms with van der Waals surface area (Å²) < 4.78 is 6.07. The number of amides is 1. The number of rotatable bonds is 7.